The molecule has 0 heterocycles. The molecule has 3 N–H and O–H groups in total. The van der Waals surface area contributed by atoms with Gasteiger partial charge in [0.15, 0.2) is 6.10 Å². The average Bonchev–Trinajstić information content (AvgIpc) is 3.13. The average molecular weight is 759 g/mol. The normalized spacial score (nSPS) is 14.1. The predicted octanol–water partition coefficient (Wildman–Crippen LogP) is 10.4. The lowest BCUT2D eigenvalue weighted by atomic mass is 10.0. The highest BCUT2D eigenvalue weighted by Gasteiger charge is 2.27. The summed E-state index contributed by atoms with van der Waals surface area (Å²) in [5.74, 6) is -0.943. The summed E-state index contributed by atoms with van der Waals surface area (Å²) in [6, 6.07) is 0. The largest absolute Gasteiger partial charge is 0.472 e. The van der Waals surface area contributed by atoms with Crippen LogP contribution < -0.4 is 0 Å². The van der Waals surface area contributed by atoms with Crippen molar-refractivity contribution in [3.8, 4) is 0 Å². The van der Waals surface area contributed by atoms with Crippen molar-refractivity contribution in [2.24, 2.45) is 0 Å². The zero-order valence-corrected chi connectivity index (χ0v) is 33.5. The van der Waals surface area contributed by atoms with Crippen molar-refractivity contribution in [3.05, 3.63) is 37.0 Å². The minimum atomic E-state index is -4.62. The molecule has 0 amide bonds. The minimum Gasteiger partial charge on any atom is -0.462 e. The molecule has 10 nitrogen and oxygen atoms in total. The monoisotopic (exact) mass is 759 g/mol. The van der Waals surface area contributed by atoms with Gasteiger partial charge in [0.2, 0.25) is 0 Å². The molecule has 0 fully saturated rings. The standard InChI is InChI=1S/C41H75O10P/c1-3-5-7-9-11-13-15-17-19-21-22-24-26-28-30-32-40(44)48-36-39(37-50-52(46,47)49-35-38(43)34-42)51-41(45)33-31-29-27-25-23-20-18-16-14-12-10-8-6-4-2/h3,10,12,16,18,38-39,42-43H,1,4-9,11,13-15,17,19-37H2,2H3,(H,46,47)/b12-10+,18-16+/t38-,39+/m0/s1. The number of rotatable bonds is 39. The van der Waals surface area contributed by atoms with Crippen LogP contribution in [0, 0.1) is 0 Å². The van der Waals surface area contributed by atoms with E-state index in [-0.39, 0.29) is 19.4 Å². The summed E-state index contributed by atoms with van der Waals surface area (Å²) in [6.07, 6.45) is 35.7. The lowest BCUT2D eigenvalue weighted by molar-refractivity contribution is -0.161. The van der Waals surface area contributed by atoms with E-state index in [1.54, 1.807) is 0 Å². The van der Waals surface area contributed by atoms with Crippen molar-refractivity contribution in [2.45, 2.75) is 186 Å². The number of aliphatic hydroxyl groups is 2. The van der Waals surface area contributed by atoms with Gasteiger partial charge in [0.1, 0.15) is 12.7 Å². The molecule has 0 spiro atoms. The molecule has 0 aliphatic carbocycles. The highest BCUT2D eigenvalue weighted by molar-refractivity contribution is 7.47. The SMILES string of the molecule is C=CCCCCCCCCCCCCCCCC(=O)OC[C@H](COP(=O)(O)OC[C@@H](O)CO)OC(=O)CCCCCCC/C=C/C/C=C/CCCC. The summed E-state index contributed by atoms with van der Waals surface area (Å²) in [5, 5.41) is 18.3. The van der Waals surface area contributed by atoms with Crippen molar-refractivity contribution >= 4 is 19.8 Å². The zero-order chi connectivity index (χ0) is 38.4. The molecule has 0 rings (SSSR count). The van der Waals surface area contributed by atoms with E-state index in [0.29, 0.717) is 12.8 Å². The van der Waals surface area contributed by atoms with Crippen LogP contribution in [0.3, 0.4) is 0 Å². The molecule has 0 radical (unpaired) electrons. The van der Waals surface area contributed by atoms with Gasteiger partial charge in [-0.3, -0.25) is 18.6 Å². The molecule has 0 saturated carbocycles. The van der Waals surface area contributed by atoms with Gasteiger partial charge in [0.05, 0.1) is 19.8 Å². The number of phosphoric acid groups is 1. The fraction of sp³-hybridized carbons (Fsp3) is 0.805. The number of ether oxygens (including phenoxy) is 2. The van der Waals surface area contributed by atoms with Gasteiger partial charge in [-0.15, -0.1) is 6.58 Å². The summed E-state index contributed by atoms with van der Waals surface area (Å²) in [4.78, 5) is 34.9. The Morgan fingerprint density at radius 2 is 1.10 bits per heavy atom. The molecule has 0 aromatic rings. The first-order valence-corrected chi connectivity index (χ1v) is 21.9. The number of carbonyl (C=O) groups is 2. The van der Waals surface area contributed by atoms with Gasteiger partial charge < -0.3 is 24.6 Å². The Morgan fingerprint density at radius 3 is 1.62 bits per heavy atom. The van der Waals surface area contributed by atoms with Gasteiger partial charge in [-0.05, 0) is 51.4 Å². The number of hydrogen-bond donors (Lipinski definition) is 3. The molecule has 1 unspecified atom stereocenters. The molecule has 0 aromatic heterocycles. The van der Waals surface area contributed by atoms with Crippen LogP contribution in [0.4, 0.5) is 0 Å². The number of hydrogen-bond acceptors (Lipinski definition) is 9. The van der Waals surface area contributed by atoms with Crippen LogP contribution in [0.2, 0.25) is 0 Å². The number of aliphatic hydroxyl groups excluding tert-OH is 2. The maximum absolute atomic E-state index is 12.6. The molecular weight excluding hydrogens is 683 g/mol. The Hall–Kier alpha value is -1.81. The molecule has 0 bridgehead atoms. The van der Waals surface area contributed by atoms with Crippen molar-refractivity contribution in [1.82, 2.24) is 0 Å². The van der Waals surface area contributed by atoms with Crippen LogP contribution in [-0.2, 0) is 32.7 Å². The highest BCUT2D eigenvalue weighted by atomic mass is 31.2. The van der Waals surface area contributed by atoms with Gasteiger partial charge in [-0.2, -0.15) is 0 Å². The Bertz CT molecular complexity index is 954. The first-order chi connectivity index (χ1) is 25.2. The molecule has 3 atom stereocenters. The van der Waals surface area contributed by atoms with E-state index in [1.807, 2.05) is 6.08 Å². The third-order valence-electron chi connectivity index (χ3n) is 8.66. The van der Waals surface area contributed by atoms with Gasteiger partial charge in [-0.25, -0.2) is 4.57 Å². The van der Waals surface area contributed by atoms with Crippen LogP contribution in [0.5, 0.6) is 0 Å². The quantitative estimate of drug-likeness (QED) is 0.0239. The highest BCUT2D eigenvalue weighted by Crippen LogP contribution is 2.43. The fourth-order valence-corrected chi connectivity index (χ4v) is 6.25. The van der Waals surface area contributed by atoms with Crippen molar-refractivity contribution in [3.63, 3.8) is 0 Å². The number of unbranched alkanes of at least 4 members (excludes halogenated alkanes) is 20. The van der Waals surface area contributed by atoms with Crippen LogP contribution in [-0.4, -0.2) is 65.7 Å². The lowest BCUT2D eigenvalue weighted by Crippen LogP contribution is -2.29. The van der Waals surface area contributed by atoms with E-state index in [9.17, 15) is 24.2 Å². The molecule has 304 valence electrons. The topological polar surface area (TPSA) is 149 Å². The maximum Gasteiger partial charge on any atom is 0.472 e. The molecule has 0 aromatic carbocycles. The number of carbonyl (C=O) groups excluding carboxylic acids is 2. The first-order valence-electron chi connectivity index (χ1n) is 20.4. The van der Waals surface area contributed by atoms with E-state index in [0.717, 1.165) is 70.6 Å². The molecule has 52 heavy (non-hydrogen) atoms. The van der Waals surface area contributed by atoms with Gasteiger partial charge in [0, 0.05) is 12.8 Å². The minimum absolute atomic E-state index is 0.168. The van der Waals surface area contributed by atoms with Crippen molar-refractivity contribution in [1.29, 1.82) is 0 Å². The molecule has 0 aliphatic heterocycles. The third-order valence-corrected chi connectivity index (χ3v) is 9.61. The van der Waals surface area contributed by atoms with E-state index in [1.165, 1.54) is 70.6 Å². The van der Waals surface area contributed by atoms with Crippen molar-refractivity contribution in [2.75, 3.05) is 26.4 Å². The summed E-state index contributed by atoms with van der Waals surface area (Å²) in [7, 11) is -4.62. The van der Waals surface area contributed by atoms with Crippen LogP contribution in [0.25, 0.3) is 0 Å². The Kier molecular flexibility index (Phi) is 36.2. The van der Waals surface area contributed by atoms with E-state index in [4.69, 9.17) is 19.1 Å². The van der Waals surface area contributed by atoms with Crippen LogP contribution >= 0.6 is 7.82 Å². The molecule has 0 aliphatic rings. The van der Waals surface area contributed by atoms with Gasteiger partial charge in [0.25, 0.3) is 0 Å². The van der Waals surface area contributed by atoms with Gasteiger partial charge in [-0.1, -0.05) is 140 Å². The smallest absolute Gasteiger partial charge is 0.462 e. The van der Waals surface area contributed by atoms with Crippen molar-refractivity contribution < 1.29 is 47.8 Å². The fourth-order valence-electron chi connectivity index (χ4n) is 5.46. The Labute approximate surface area is 316 Å². The summed E-state index contributed by atoms with van der Waals surface area (Å²) in [5.41, 5.74) is 0. The van der Waals surface area contributed by atoms with E-state index >= 15 is 0 Å². The molecule has 11 heteroatoms. The third kappa shape index (κ3) is 36.5. The van der Waals surface area contributed by atoms with E-state index < -0.39 is 51.8 Å². The van der Waals surface area contributed by atoms with Gasteiger partial charge >= 0.3 is 19.8 Å². The summed E-state index contributed by atoms with van der Waals surface area (Å²) < 4.78 is 32.6. The second-order valence-electron chi connectivity index (χ2n) is 13.7. The maximum atomic E-state index is 12.6. The second-order valence-corrected chi connectivity index (χ2v) is 15.2. The number of phosphoric ester groups is 1. The number of esters is 2. The van der Waals surface area contributed by atoms with Crippen LogP contribution in [0.15, 0.2) is 37.0 Å². The first kappa shape index (κ1) is 50.2. The number of allylic oxidation sites excluding steroid dienone is 5. The summed E-state index contributed by atoms with van der Waals surface area (Å²) in [6.45, 7) is 3.83. The predicted molar refractivity (Wildman–Crippen MR) is 210 cm³/mol. The Morgan fingerprint density at radius 1 is 0.635 bits per heavy atom. The zero-order valence-electron chi connectivity index (χ0n) is 32.6. The Balaban J connectivity index is 4.32. The lowest BCUT2D eigenvalue weighted by Gasteiger charge is -2.20. The molecular formula is C41H75O10P. The van der Waals surface area contributed by atoms with Crippen LogP contribution in [0.1, 0.15) is 174 Å². The van der Waals surface area contributed by atoms with E-state index in [2.05, 4.69) is 42.3 Å². The second kappa shape index (κ2) is 37.5. The molecule has 0 saturated heterocycles. The summed E-state index contributed by atoms with van der Waals surface area (Å²) >= 11 is 0.